The van der Waals surface area contributed by atoms with E-state index in [1.54, 1.807) is 0 Å². The maximum Gasteiger partial charge on any atom is 0.0285 e. The van der Waals surface area contributed by atoms with E-state index < -0.39 is 0 Å². The van der Waals surface area contributed by atoms with Crippen molar-refractivity contribution in [2.24, 2.45) is 0 Å². The maximum atomic E-state index is 3.52. The molecule has 1 N–H and O–H groups in total. The zero-order valence-electron chi connectivity index (χ0n) is 10.7. The van der Waals surface area contributed by atoms with Crippen molar-refractivity contribution < 1.29 is 0 Å². The number of rotatable bonds is 5. The molecule has 1 aromatic carbocycles. The van der Waals surface area contributed by atoms with Gasteiger partial charge in [0.05, 0.1) is 0 Å². The van der Waals surface area contributed by atoms with E-state index in [2.05, 4.69) is 63.9 Å². The first-order valence-electron chi connectivity index (χ1n) is 6.13. The van der Waals surface area contributed by atoms with Crippen molar-refractivity contribution in [1.29, 1.82) is 0 Å². The molecule has 2 aromatic rings. The molecule has 0 aliphatic rings. The molecule has 0 spiro atoms. The smallest absolute Gasteiger partial charge is 0.0285 e. The van der Waals surface area contributed by atoms with Gasteiger partial charge in [-0.05, 0) is 48.0 Å². The van der Waals surface area contributed by atoms with Crippen molar-refractivity contribution in [3.63, 3.8) is 0 Å². The molecule has 1 atom stereocenters. The molecule has 2 rings (SSSR count). The number of thiophene rings is 1. The molecule has 1 unspecified atom stereocenters. The Morgan fingerprint density at radius 1 is 1.33 bits per heavy atom. The second-order valence-corrected chi connectivity index (χ2v) is 6.52. The summed E-state index contributed by atoms with van der Waals surface area (Å²) in [6.45, 7) is 3.17. The number of hydrogen-bond acceptors (Lipinski definition) is 2. The van der Waals surface area contributed by atoms with Gasteiger partial charge in [0.25, 0.3) is 0 Å². The molecule has 1 heterocycles. The third-order valence-corrected chi connectivity index (χ3v) is 4.75. The van der Waals surface area contributed by atoms with Gasteiger partial charge in [0.1, 0.15) is 0 Å². The fourth-order valence-corrected chi connectivity index (χ4v) is 3.71. The van der Waals surface area contributed by atoms with Crippen molar-refractivity contribution in [3.8, 4) is 0 Å². The standard InChI is InChI=1S/C15H18BrNS/c1-11-4-3-5-12(6-11)13(9-17-2)7-15-8-14(16)10-18-15/h3-6,8,10,13,17H,7,9H2,1-2H3. The zero-order valence-corrected chi connectivity index (χ0v) is 13.1. The Balaban J connectivity index is 2.17. The molecule has 1 aromatic heterocycles. The summed E-state index contributed by atoms with van der Waals surface area (Å²) in [6, 6.07) is 11.1. The highest BCUT2D eigenvalue weighted by atomic mass is 79.9. The number of benzene rings is 1. The Labute approximate surface area is 121 Å². The van der Waals surface area contributed by atoms with Crippen molar-refractivity contribution in [3.05, 3.63) is 56.2 Å². The van der Waals surface area contributed by atoms with Crippen molar-refractivity contribution in [1.82, 2.24) is 5.32 Å². The van der Waals surface area contributed by atoms with E-state index in [1.165, 1.54) is 20.5 Å². The van der Waals surface area contributed by atoms with Crippen LogP contribution in [0.25, 0.3) is 0 Å². The molecular weight excluding hydrogens is 306 g/mol. The van der Waals surface area contributed by atoms with Gasteiger partial charge in [0.2, 0.25) is 0 Å². The molecule has 1 nitrogen and oxygen atoms in total. The maximum absolute atomic E-state index is 3.52. The lowest BCUT2D eigenvalue weighted by Crippen LogP contribution is -2.18. The van der Waals surface area contributed by atoms with Crippen LogP contribution in [0, 0.1) is 6.92 Å². The van der Waals surface area contributed by atoms with Crippen LogP contribution in [0.3, 0.4) is 0 Å². The van der Waals surface area contributed by atoms with E-state index in [4.69, 9.17) is 0 Å². The van der Waals surface area contributed by atoms with E-state index in [1.807, 2.05) is 18.4 Å². The first-order chi connectivity index (χ1) is 8.69. The van der Waals surface area contributed by atoms with Crippen LogP contribution in [0.5, 0.6) is 0 Å². The summed E-state index contributed by atoms with van der Waals surface area (Å²) >= 11 is 5.35. The Hall–Kier alpha value is -0.640. The minimum absolute atomic E-state index is 0.542. The lowest BCUT2D eigenvalue weighted by Gasteiger charge is -2.16. The first kappa shape index (κ1) is 13.8. The third-order valence-electron chi connectivity index (χ3n) is 3.03. The monoisotopic (exact) mass is 323 g/mol. The number of hydrogen-bond donors (Lipinski definition) is 1. The van der Waals surface area contributed by atoms with Gasteiger partial charge in [-0.1, -0.05) is 29.8 Å². The van der Waals surface area contributed by atoms with Crippen LogP contribution >= 0.6 is 27.3 Å². The van der Waals surface area contributed by atoms with Crippen LogP contribution in [0.4, 0.5) is 0 Å². The van der Waals surface area contributed by atoms with Gasteiger partial charge in [-0.25, -0.2) is 0 Å². The summed E-state index contributed by atoms with van der Waals surface area (Å²) in [5.74, 6) is 0.542. The van der Waals surface area contributed by atoms with Gasteiger partial charge in [-0.3, -0.25) is 0 Å². The lowest BCUT2D eigenvalue weighted by atomic mass is 9.94. The summed E-state index contributed by atoms with van der Waals surface area (Å²) < 4.78 is 1.19. The van der Waals surface area contributed by atoms with Gasteiger partial charge in [-0.2, -0.15) is 0 Å². The largest absolute Gasteiger partial charge is 0.319 e. The zero-order chi connectivity index (χ0) is 13.0. The molecule has 96 valence electrons. The third kappa shape index (κ3) is 3.67. The topological polar surface area (TPSA) is 12.0 Å². The molecule has 0 amide bonds. The van der Waals surface area contributed by atoms with Crippen molar-refractivity contribution >= 4 is 27.3 Å². The average Bonchev–Trinajstić information content (AvgIpc) is 2.74. The van der Waals surface area contributed by atoms with E-state index in [0.717, 1.165) is 13.0 Å². The Kier molecular flexibility index (Phi) is 4.98. The first-order valence-corrected chi connectivity index (χ1v) is 7.80. The number of likely N-dealkylation sites (N-methyl/N-ethyl adjacent to an activating group) is 1. The van der Waals surface area contributed by atoms with E-state index in [0.29, 0.717) is 5.92 Å². The highest BCUT2D eigenvalue weighted by molar-refractivity contribution is 9.10. The van der Waals surface area contributed by atoms with Crippen LogP contribution in [-0.2, 0) is 6.42 Å². The minimum Gasteiger partial charge on any atom is -0.319 e. The van der Waals surface area contributed by atoms with Crippen LogP contribution < -0.4 is 5.32 Å². The molecule has 18 heavy (non-hydrogen) atoms. The van der Waals surface area contributed by atoms with E-state index in [9.17, 15) is 0 Å². The normalized spacial score (nSPS) is 12.6. The molecule has 0 radical (unpaired) electrons. The van der Waals surface area contributed by atoms with Gasteiger partial charge >= 0.3 is 0 Å². The molecule has 0 saturated heterocycles. The number of halogens is 1. The van der Waals surface area contributed by atoms with Gasteiger partial charge in [0.15, 0.2) is 0 Å². The quantitative estimate of drug-likeness (QED) is 0.861. The Morgan fingerprint density at radius 2 is 2.17 bits per heavy atom. The average molecular weight is 324 g/mol. The van der Waals surface area contributed by atoms with Crippen molar-refractivity contribution in [2.75, 3.05) is 13.6 Å². The number of nitrogens with one attached hydrogen (secondary N) is 1. The summed E-state index contributed by atoms with van der Waals surface area (Å²) in [6.07, 6.45) is 1.10. The van der Waals surface area contributed by atoms with Crippen LogP contribution in [0.2, 0.25) is 0 Å². The molecule has 0 aliphatic heterocycles. The van der Waals surface area contributed by atoms with Gasteiger partial charge in [-0.15, -0.1) is 11.3 Å². The summed E-state index contributed by atoms with van der Waals surface area (Å²) in [7, 11) is 2.02. The predicted molar refractivity (Wildman–Crippen MR) is 83.6 cm³/mol. The van der Waals surface area contributed by atoms with Crippen LogP contribution in [0.15, 0.2) is 40.2 Å². The highest BCUT2D eigenvalue weighted by Crippen LogP contribution is 2.27. The van der Waals surface area contributed by atoms with Gasteiger partial charge < -0.3 is 5.32 Å². The molecule has 0 fully saturated rings. The van der Waals surface area contributed by atoms with Crippen LogP contribution in [0.1, 0.15) is 21.9 Å². The van der Waals surface area contributed by atoms with E-state index in [-0.39, 0.29) is 0 Å². The second kappa shape index (κ2) is 6.50. The van der Waals surface area contributed by atoms with Gasteiger partial charge in [0, 0.05) is 27.2 Å². The highest BCUT2D eigenvalue weighted by Gasteiger charge is 2.13. The molecule has 0 bridgehead atoms. The summed E-state index contributed by atoms with van der Waals surface area (Å²) in [5, 5.41) is 5.46. The molecule has 0 saturated carbocycles. The van der Waals surface area contributed by atoms with E-state index >= 15 is 0 Å². The fraction of sp³-hybridized carbons (Fsp3) is 0.333. The minimum atomic E-state index is 0.542. The van der Waals surface area contributed by atoms with Crippen molar-refractivity contribution in [2.45, 2.75) is 19.3 Å². The van der Waals surface area contributed by atoms with Crippen LogP contribution in [-0.4, -0.2) is 13.6 Å². The SMILES string of the molecule is CNCC(Cc1cc(Br)cs1)c1cccc(C)c1. The molecule has 0 aliphatic carbocycles. The second-order valence-electron chi connectivity index (χ2n) is 4.60. The summed E-state index contributed by atoms with van der Waals surface area (Å²) in [4.78, 5) is 1.43. The molecule has 3 heteroatoms. The number of aryl methyl sites for hydroxylation is 1. The Bertz CT molecular complexity index is 507. The summed E-state index contributed by atoms with van der Waals surface area (Å²) in [5.41, 5.74) is 2.76. The lowest BCUT2D eigenvalue weighted by molar-refractivity contribution is 0.629. The Morgan fingerprint density at radius 3 is 2.78 bits per heavy atom. The predicted octanol–water partition coefficient (Wildman–Crippen LogP) is 4.36. The molecular formula is C15H18BrNS. The fourth-order valence-electron chi connectivity index (χ4n) is 2.18.